The maximum Gasteiger partial charge on any atom is 0.306 e. The van der Waals surface area contributed by atoms with Crippen molar-refractivity contribution in [2.45, 2.75) is 26.2 Å². The van der Waals surface area contributed by atoms with Crippen LogP contribution in [0.4, 0.5) is 0 Å². The number of rotatable bonds is 6. The quantitative estimate of drug-likeness (QED) is 0.769. The van der Waals surface area contributed by atoms with Gasteiger partial charge in [-0.25, -0.2) is 0 Å². The molecule has 0 aliphatic rings. The van der Waals surface area contributed by atoms with Gasteiger partial charge < -0.3 is 10.5 Å². The molecule has 0 saturated carbocycles. The van der Waals surface area contributed by atoms with E-state index in [2.05, 4.69) is 12.1 Å². The number of ether oxygens (including phenoxy) is 1. The van der Waals surface area contributed by atoms with E-state index in [-0.39, 0.29) is 11.4 Å². The largest absolute Gasteiger partial charge is 0.469 e. The summed E-state index contributed by atoms with van der Waals surface area (Å²) in [7, 11) is 1.41. The Bertz CT molecular complexity index is 350. The molecule has 0 spiro atoms. The van der Waals surface area contributed by atoms with Crippen LogP contribution in [0.3, 0.4) is 0 Å². The molecule has 2 N–H and O–H groups in total. The van der Waals surface area contributed by atoms with Crippen LogP contribution in [0.5, 0.6) is 0 Å². The average molecular weight is 235 g/mol. The molecular formula is C14H21NO2. The van der Waals surface area contributed by atoms with Gasteiger partial charge in [-0.3, -0.25) is 4.79 Å². The van der Waals surface area contributed by atoms with Crippen LogP contribution < -0.4 is 5.73 Å². The molecule has 17 heavy (non-hydrogen) atoms. The Morgan fingerprint density at radius 3 is 2.53 bits per heavy atom. The highest BCUT2D eigenvalue weighted by Gasteiger charge is 2.26. The second-order valence-corrected chi connectivity index (χ2v) is 4.75. The molecule has 0 aromatic heterocycles. The molecule has 0 radical (unpaired) electrons. The Morgan fingerprint density at radius 2 is 2.00 bits per heavy atom. The van der Waals surface area contributed by atoms with Crippen molar-refractivity contribution >= 4 is 5.97 Å². The Morgan fingerprint density at radius 1 is 1.35 bits per heavy atom. The molecule has 1 aromatic carbocycles. The maximum atomic E-state index is 11.3. The summed E-state index contributed by atoms with van der Waals surface area (Å²) in [5.41, 5.74) is 6.86. The first-order valence-corrected chi connectivity index (χ1v) is 5.90. The molecule has 0 heterocycles. The number of hydrogen-bond donors (Lipinski definition) is 1. The van der Waals surface area contributed by atoms with Crippen LogP contribution in [0.25, 0.3) is 0 Å². The Balaban J connectivity index is 2.54. The minimum absolute atomic E-state index is 0.178. The van der Waals surface area contributed by atoms with Crippen LogP contribution in [0.1, 0.15) is 25.3 Å². The highest BCUT2D eigenvalue weighted by molar-refractivity contribution is 5.70. The van der Waals surface area contributed by atoms with E-state index in [1.165, 1.54) is 12.7 Å². The van der Waals surface area contributed by atoms with Crippen LogP contribution >= 0.6 is 0 Å². The molecule has 0 amide bonds. The predicted molar refractivity (Wildman–Crippen MR) is 68.6 cm³/mol. The van der Waals surface area contributed by atoms with Gasteiger partial charge in [0.15, 0.2) is 0 Å². The maximum absolute atomic E-state index is 11.3. The second kappa shape index (κ2) is 6.40. The normalized spacial score (nSPS) is 14.1. The predicted octanol–water partition coefficient (Wildman–Crippen LogP) is 2.15. The van der Waals surface area contributed by atoms with Crippen molar-refractivity contribution < 1.29 is 9.53 Å². The number of methoxy groups -OCH3 is 1. The fraction of sp³-hybridized carbons (Fsp3) is 0.500. The summed E-state index contributed by atoms with van der Waals surface area (Å²) in [6.45, 7) is 2.53. The molecule has 1 atom stereocenters. The van der Waals surface area contributed by atoms with Crippen LogP contribution in [-0.2, 0) is 16.0 Å². The van der Waals surface area contributed by atoms with Crippen molar-refractivity contribution in [2.75, 3.05) is 13.7 Å². The van der Waals surface area contributed by atoms with Crippen molar-refractivity contribution in [3.05, 3.63) is 35.9 Å². The number of esters is 1. The smallest absolute Gasteiger partial charge is 0.306 e. The lowest BCUT2D eigenvalue weighted by Crippen LogP contribution is -2.31. The summed E-state index contributed by atoms with van der Waals surface area (Å²) in [4.78, 5) is 11.3. The molecule has 0 aliphatic heterocycles. The molecule has 94 valence electrons. The van der Waals surface area contributed by atoms with Gasteiger partial charge in [0.1, 0.15) is 0 Å². The van der Waals surface area contributed by atoms with E-state index >= 15 is 0 Å². The summed E-state index contributed by atoms with van der Waals surface area (Å²) >= 11 is 0. The zero-order chi connectivity index (χ0) is 12.7. The summed E-state index contributed by atoms with van der Waals surface area (Å²) in [5, 5.41) is 0. The molecule has 1 unspecified atom stereocenters. The van der Waals surface area contributed by atoms with Gasteiger partial charge in [0, 0.05) is 0 Å². The zero-order valence-electron chi connectivity index (χ0n) is 10.6. The van der Waals surface area contributed by atoms with Crippen LogP contribution in [0, 0.1) is 5.41 Å². The third-order valence-electron chi connectivity index (χ3n) is 3.15. The third-order valence-corrected chi connectivity index (χ3v) is 3.15. The average Bonchev–Trinajstić information content (AvgIpc) is 2.37. The van der Waals surface area contributed by atoms with Gasteiger partial charge in [-0.2, -0.15) is 0 Å². The van der Waals surface area contributed by atoms with E-state index in [9.17, 15) is 4.79 Å². The minimum Gasteiger partial charge on any atom is -0.469 e. The van der Waals surface area contributed by atoms with Crippen molar-refractivity contribution in [3.8, 4) is 0 Å². The highest BCUT2D eigenvalue weighted by Crippen LogP contribution is 2.27. The summed E-state index contributed by atoms with van der Waals surface area (Å²) in [6, 6.07) is 10.2. The molecule has 0 saturated heterocycles. The van der Waals surface area contributed by atoms with Gasteiger partial charge >= 0.3 is 5.97 Å². The monoisotopic (exact) mass is 235 g/mol. The third kappa shape index (κ3) is 4.57. The molecule has 1 rings (SSSR count). The molecule has 0 bridgehead atoms. The Hall–Kier alpha value is -1.35. The van der Waals surface area contributed by atoms with Crippen molar-refractivity contribution in [1.82, 2.24) is 0 Å². The van der Waals surface area contributed by atoms with Crippen molar-refractivity contribution in [1.29, 1.82) is 0 Å². The lowest BCUT2D eigenvalue weighted by Gasteiger charge is -2.26. The fourth-order valence-corrected chi connectivity index (χ4v) is 1.77. The SMILES string of the molecule is COC(=O)CC(C)(CN)CCc1ccccc1. The van der Waals surface area contributed by atoms with E-state index < -0.39 is 0 Å². The van der Waals surface area contributed by atoms with Gasteiger partial charge in [-0.05, 0) is 30.4 Å². The lowest BCUT2D eigenvalue weighted by molar-refractivity contribution is -0.143. The minimum atomic E-state index is -0.189. The number of nitrogens with two attached hydrogens (primary N) is 1. The van der Waals surface area contributed by atoms with E-state index in [1.54, 1.807) is 0 Å². The number of hydrogen-bond acceptors (Lipinski definition) is 3. The van der Waals surface area contributed by atoms with E-state index in [0.717, 1.165) is 12.8 Å². The van der Waals surface area contributed by atoms with Gasteiger partial charge in [0.05, 0.1) is 13.5 Å². The van der Waals surface area contributed by atoms with E-state index in [4.69, 9.17) is 10.5 Å². The number of aryl methyl sites for hydroxylation is 1. The second-order valence-electron chi connectivity index (χ2n) is 4.75. The topological polar surface area (TPSA) is 52.3 Å². The summed E-state index contributed by atoms with van der Waals surface area (Å²) < 4.78 is 4.71. The Kier molecular flexibility index (Phi) is 5.16. The molecular weight excluding hydrogens is 214 g/mol. The highest BCUT2D eigenvalue weighted by atomic mass is 16.5. The van der Waals surface area contributed by atoms with Crippen molar-refractivity contribution in [2.24, 2.45) is 11.1 Å². The summed E-state index contributed by atoms with van der Waals surface area (Å²) in [6.07, 6.45) is 2.21. The number of benzene rings is 1. The molecule has 0 fully saturated rings. The van der Waals surface area contributed by atoms with Gasteiger partial charge in [0.2, 0.25) is 0 Å². The van der Waals surface area contributed by atoms with Gasteiger partial charge in [0.25, 0.3) is 0 Å². The first-order chi connectivity index (χ1) is 8.09. The zero-order valence-corrected chi connectivity index (χ0v) is 10.6. The van der Waals surface area contributed by atoms with E-state index in [0.29, 0.717) is 13.0 Å². The van der Waals surface area contributed by atoms with Crippen LogP contribution in [0.2, 0.25) is 0 Å². The van der Waals surface area contributed by atoms with Crippen molar-refractivity contribution in [3.63, 3.8) is 0 Å². The van der Waals surface area contributed by atoms with Gasteiger partial charge in [-0.1, -0.05) is 37.3 Å². The molecule has 0 aliphatic carbocycles. The first-order valence-electron chi connectivity index (χ1n) is 5.90. The van der Waals surface area contributed by atoms with Crippen LogP contribution in [-0.4, -0.2) is 19.6 Å². The number of carbonyl (C=O) groups is 1. The molecule has 1 aromatic rings. The Labute approximate surface area is 103 Å². The van der Waals surface area contributed by atoms with E-state index in [1.807, 2.05) is 25.1 Å². The summed E-state index contributed by atoms with van der Waals surface area (Å²) in [5.74, 6) is -0.189. The standard InChI is InChI=1S/C14H21NO2/c1-14(11-15,10-13(16)17-2)9-8-12-6-4-3-5-7-12/h3-7H,8-11,15H2,1-2H3. The molecule has 3 heteroatoms. The van der Waals surface area contributed by atoms with Crippen LogP contribution in [0.15, 0.2) is 30.3 Å². The number of carbonyl (C=O) groups excluding carboxylic acids is 1. The first kappa shape index (κ1) is 13.7. The molecule has 3 nitrogen and oxygen atoms in total. The lowest BCUT2D eigenvalue weighted by atomic mass is 9.81. The van der Waals surface area contributed by atoms with Gasteiger partial charge in [-0.15, -0.1) is 0 Å². The fourth-order valence-electron chi connectivity index (χ4n) is 1.77.